The fourth-order valence-corrected chi connectivity index (χ4v) is 2.91. The van der Waals surface area contributed by atoms with Gasteiger partial charge in [-0.2, -0.15) is 0 Å². The summed E-state index contributed by atoms with van der Waals surface area (Å²) >= 11 is 0. The fraction of sp³-hybridized carbons (Fsp3) is 0.600. The standard InChI is InChI=1S/C15H21N5O2/c1-4-5-20-8-18-12-13(16-7-17-14(12)20)19-15-9(2)11(6-22-15)10(3)21/h7-9,11,15H,4-6H2,1-3H3,(H,16,17,19)/t9-,11-,15-/m0/s1. The minimum absolute atomic E-state index is 0.0625. The highest BCUT2D eigenvalue weighted by Gasteiger charge is 2.37. The minimum atomic E-state index is -0.233. The Bertz CT molecular complexity index is 684. The normalized spacial score (nSPS) is 24.8. The van der Waals surface area contributed by atoms with Gasteiger partial charge in [-0.25, -0.2) is 15.0 Å². The third-order valence-corrected chi connectivity index (χ3v) is 4.23. The maximum atomic E-state index is 11.6. The molecule has 1 saturated heterocycles. The highest BCUT2D eigenvalue weighted by Crippen LogP contribution is 2.29. The number of Topliss-reactive ketones (excluding diaryl/α,β-unsaturated/α-hetero) is 1. The summed E-state index contributed by atoms with van der Waals surface area (Å²) in [7, 11) is 0. The van der Waals surface area contributed by atoms with Gasteiger partial charge in [0.15, 0.2) is 11.5 Å². The van der Waals surface area contributed by atoms with Gasteiger partial charge in [0.05, 0.1) is 12.9 Å². The number of hydrogen-bond donors (Lipinski definition) is 1. The number of imidazole rings is 1. The molecule has 0 spiro atoms. The van der Waals surface area contributed by atoms with E-state index in [9.17, 15) is 4.79 Å². The third kappa shape index (κ3) is 2.56. The van der Waals surface area contributed by atoms with E-state index < -0.39 is 0 Å². The van der Waals surface area contributed by atoms with Gasteiger partial charge >= 0.3 is 0 Å². The first-order chi connectivity index (χ1) is 10.6. The van der Waals surface area contributed by atoms with E-state index >= 15 is 0 Å². The molecule has 1 aliphatic rings. The average Bonchev–Trinajstić information content (AvgIpc) is 3.05. The summed E-state index contributed by atoms with van der Waals surface area (Å²) in [5.74, 6) is 0.852. The molecule has 3 heterocycles. The second kappa shape index (κ2) is 6.00. The van der Waals surface area contributed by atoms with Gasteiger partial charge in [0.2, 0.25) is 0 Å². The Kier molecular flexibility index (Phi) is 4.06. The summed E-state index contributed by atoms with van der Waals surface area (Å²) in [5.41, 5.74) is 1.55. The molecule has 1 N–H and O–H groups in total. The van der Waals surface area contributed by atoms with Gasteiger partial charge in [0.1, 0.15) is 23.9 Å². The largest absolute Gasteiger partial charge is 0.357 e. The van der Waals surface area contributed by atoms with Gasteiger partial charge in [-0.05, 0) is 13.3 Å². The first-order valence-corrected chi connectivity index (χ1v) is 7.66. The molecule has 7 nitrogen and oxygen atoms in total. The van der Waals surface area contributed by atoms with E-state index in [4.69, 9.17) is 4.74 Å². The van der Waals surface area contributed by atoms with Crippen molar-refractivity contribution in [3.63, 3.8) is 0 Å². The molecule has 0 bridgehead atoms. The van der Waals surface area contributed by atoms with Crippen molar-refractivity contribution in [2.24, 2.45) is 11.8 Å². The van der Waals surface area contributed by atoms with E-state index in [0.717, 1.165) is 24.1 Å². The molecular weight excluding hydrogens is 282 g/mol. The zero-order valence-electron chi connectivity index (χ0n) is 13.1. The number of carbonyl (C=O) groups is 1. The van der Waals surface area contributed by atoms with Crippen molar-refractivity contribution in [3.8, 4) is 0 Å². The van der Waals surface area contributed by atoms with Crippen molar-refractivity contribution in [1.82, 2.24) is 19.5 Å². The van der Waals surface area contributed by atoms with Crippen molar-refractivity contribution < 1.29 is 9.53 Å². The van der Waals surface area contributed by atoms with E-state index in [-0.39, 0.29) is 23.8 Å². The van der Waals surface area contributed by atoms with Crippen LogP contribution in [0.25, 0.3) is 11.2 Å². The number of anilines is 1. The zero-order valence-corrected chi connectivity index (χ0v) is 13.1. The summed E-state index contributed by atoms with van der Waals surface area (Å²) in [6.45, 7) is 7.07. The molecule has 0 amide bonds. The molecule has 7 heteroatoms. The van der Waals surface area contributed by atoms with Crippen LogP contribution in [0.15, 0.2) is 12.7 Å². The van der Waals surface area contributed by atoms with Crippen LogP contribution in [0, 0.1) is 11.8 Å². The SMILES string of the molecule is CCCn1cnc2c(N[C@H]3OC[C@H](C(C)=O)[C@@H]3C)ncnc21. The van der Waals surface area contributed by atoms with Crippen LogP contribution in [0.2, 0.25) is 0 Å². The quantitative estimate of drug-likeness (QED) is 0.907. The van der Waals surface area contributed by atoms with Gasteiger partial charge in [-0.15, -0.1) is 0 Å². The molecule has 2 aromatic heterocycles. The van der Waals surface area contributed by atoms with Crippen LogP contribution in [0.5, 0.6) is 0 Å². The van der Waals surface area contributed by atoms with E-state index in [1.165, 1.54) is 6.33 Å². The third-order valence-electron chi connectivity index (χ3n) is 4.23. The molecule has 22 heavy (non-hydrogen) atoms. The Balaban J connectivity index is 1.84. The van der Waals surface area contributed by atoms with Crippen molar-refractivity contribution in [2.45, 2.75) is 40.0 Å². The fourth-order valence-electron chi connectivity index (χ4n) is 2.91. The molecule has 1 aliphatic heterocycles. The molecule has 0 aliphatic carbocycles. The minimum Gasteiger partial charge on any atom is -0.357 e. The van der Waals surface area contributed by atoms with Gasteiger partial charge in [-0.3, -0.25) is 4.79 Å². The lowest BCUT2D eigenvalue weighted by molar-refractivity contribution is -0.121. The monoisotopic (exact) mass is 303 g/mol. The predicted octanol–water partition coefficient (Wildman–Crippen LogP) is 1.85. The number of nitrogens with zero attached hydrogens (tertiary/aromatic N) is 4. The Labute approximate surface area is 129 Å². The summed E-state index contributed by atoms with van der Waals surface area (Å²) in [6.07, 6.45) is 4.09. The number of carbonyl (C=O) groups excluding carboxylic acids is 1. The Morgan fingerprint density at radius 1 is 1.45 bits per heavy atom. The Morgan fingerprint density at radius 2 is 2.27 bits per heavy atom. The highest BCUT2D eigenvalue weighted by atomic mass is 16.5. The van der Waals surface area contributed by atoms with Crippen LogP contribution in [0.3, 0.4) is 0 Å². The molecule has 0 unspecified atom stereocenters. The molecule has 0 saturated carbocycles. The summed E-state index contributed by atoms with van der Waals surface area (Å²) < 4.78 is 7.73. The van der Waals surface area contributed by atoms with Crippen LogP contribution >= 0.6 is 0 Å². The van der Waals surface area contributed by atoms with Gasteiger partial charge in [0.25, 0.3) is 0 Å². The van der Waals surface area contributed by atoms with E-state index in [1.54, 1.807) is 13.3 Å². The Hall–Kier alpha value is -2.02. The van der Waals surface area contributed by atoms with Crippen LogP contribution in [0.1, 0.15) is 27.2 Å². The number of ketones is 1. The summed E-state index contributed by atoms with van der Waals surface area (Å²) in [5, 5.41) is 3.27. The van der Waals surface area contributed by atoms with Crippen LogP contribution in [-0.4, -0.2) is 38.1 Å². The molecule has 3 atom stereocenters. The van der Waals surface area contributed by atoms with Crippen LogP contribution in [0.4, 0.5) is 5.82 Å². The maximum absolute atomic E-state index is 11.6. The number of fused-ring (bicyclic) bond motifs is 1. The summed E-state index contributed by atoms with van der Waals surface area (Å²) in [6, 6.07) is 0. The van der Waals surface area contributed by atoms with Crippen molar-refractivity contribution in [2.75, 3.05) is 11.9 Å². The molecule has 118 valence electrons. The lowest BCUT2D eigenvalue weighted by Crippen LogP contribution is -2.28. The van der Waals surface area contributed by atoms with Crippen molar-refractivity contribution in [1.29, 1.82) is 0 Å². The van der Waals surface area contributed by atoms with Gasteiger partial charge < -0.3 is 14.6 Å². The molecule has 3 rings (SSSR count). The van der Waals surface area contributed by atoms with Gasteiger partial charge in [-0.1, -0.05) is 13.8 Å². The molecule has 2 aromatic rings. The lowest BCUT2D eigenvalue weighted by atomic mass is 9.92. The van der Waals surface area contributed by atoms with Crippen LogP contribution < -0.4 is 5.32 Å². The Morgan fingerprint density at radius 3 is 2.95 bits per heavy atom. The first kappa shape index (κ1) is 14.9. The predicted molar refractivity (Wildman–Crippen MR) is 82.3 cm³/mol. The maximum Gasteiger partial charge on any atom is 0.165 e. The number of hydrogen-bond acceptors (Lipinski definition) is 6. The highest BCUT2D eigenvalue weighted by molar-refractivity contribution is 5.83. The molecule has 1 fully saturated rings. The van der Waals surface area contributed by atoms with Gasteiger partial charge in [0, 0.05) is 18.4 Å². The second-order valence-corrected chi connectivity index (χ2v) is 5.81. The van der Waals surface area contributed by atoms with Crippen molar-refractivity contribution >= 4 is 22.8 Å². The van der Waals surface area contributed by atoms with Crippen LogP contribution in [-0.2, 0) is 16.1 Å². The molecule has 0 radical (unpaired) electrons. The number of ether oxygens (including phenoxy) is 1. The van der Waals surface area contributed by atoms with E-state index in [0.29, 0.717) is 12.4 Å². The molecular formula is C15H21N5O2. The smallest absolute Gasteiger partial charge is 0.165 e. The number of rotatable bonds is 5. The zero-order chi connectivity index (χ0) is 15.7. The topological polar surface area (TPSA) is 81.9 Å². The summed E-state index contributed by atoms with van der Waals surface area (Å²) in [4.78, 5) is 24.6. The van der Waals surface area contributed by atoms with E-state index in [1.807, 2.05) is 11.5 Å². The number of aryl methyl sites for hydroxylation is 1. The lowest BCUT2D eigenvalue weighted by Gasteiger charge is -2.18. The first-order valence-electron chi connectivity index (χ1n) is 7.66. The number of aromatic nitrogens is 4. The second-order valence-electron chi connectivity index (χ2n) is 5.81. The van der Waals surface area contributed by atoms with Crippen molar-refractivity contribution in [3.05, 3.63) is 12.7 Å². The average molecular weight is 303 g/mol. The molecule has 0 aromatic carbocycles. The number of nitrogens with one attached hydrogen (secondary N) is 1. The van der Waals surface area contributed by atoms with E-state index in [2.05, 4.69) is 27.2 Å².